The zero-order valence-corrected chi connectivity index (χ0v) is 12.3. The quantitative estimate of drug-likeness (QED) is 0.741. The molecule has 1 nitrogen and oxygen atoms in total. The SMILES string of the molecule is Cc1ccc(CN(CCBr)C(C)C)cc1C. The lowest BCUT2D eigenvalue weighted by atomic mass is 10.1. The van der Waals surface area contributed by atoms with Gasteiger partial charge >= 0.3 is 0 Å². The lowest BCUT2D eigenvalue weighted by Gasteiger charge is -2.25. The molecule has 16 heavy (non-hydrogen) atoms. The van der Waals surface area contributed by atoms with Crippen molar-refractivity contribution in [2.45, 2.75) is 40.3 Å². The first kappa shape index (κ1) is 13.7. The van der Waals surface area contributed by atoms with Crippen LogP contribution in [0.1, 0.15) is 30.5 Å². The number of rotatable bonds is 5. The maximum Gasteiger partial charge on any atom is 0.0236 e. The Labute approximate surface area is 108 Å². The Hall–Kier alpha value is -0.340. The minimum absolute atomic E-state index is 0.596. The Morgan fingerprint density at radius 3 is 2.38 bits per heavy atom. The summed E-state index contributed by atoms with van der Waals surface area (Å²) in [7, 11) is 0. The Morgan fingerprint density at radius 2 is 1.88 bits per heavy atom. The zero-order chi connectivity index (χ0) is 12.1. The molecular weight excluding hydrogens is 262 g/mol. The van der Waals surface area contributed by atoms with E-state index in [2.05, 4.69) is 66.7 Å². The fraction of sp³-hybridized carbons (Fsp3) is 0.571. The van der Waals surface area contributed by atoms with Gasteiger partial charge in [-0.25, -0.2) is 0 Å². The molecule has 0 saturated heterocycles. The van der Waals surface area contributed by atoms with Crippen LogP contribution in [0.25, 0.3) is 0 Å². The molecule has 0 spiro atoms. The number of alkyl halides is 1. The zero-order valence-electron chi connectivity index (χ0n) is 10.8. The molecule has 0 radical (unpaired) electrons. The molecule has 0 aromatic heterocycles. The van der Waals surface area contributed by atoms with Gasteiger partial charge in [-0.1, -0.05) is 34.1 Å². The van der Waals surface area contributed by atoms with Crippen molar-refractivity contribution in [3.05, 3.63) is 34.9 Å². The van der Waals surface area contributed by atoms with Crippen LogP contribution in [0.15, 0.2) is 18.2 Å². The molecule has 0 heterocycles. The predicted octanol–water partition coefficient (Wildman–Crippen LogP) is 3.91. The fourth-order valence-corrected chi connectivity index (χ4v) is 2.22. The minimum atomic E-state index is 0.596. The molecule has 0 bridgehead atoms. The van der Waals surface area contributed by atoms with Gasteiger partial charge in [0.25, 0.3) is 0 Å². The molecule has 0 N–H and O–H groups in total. The van der Waals surface area contributed by atoms with Crippen LogP contribution in [0.3, 0.4) is 0 Å². The van der Waals surface area contributed by atoms with E-state index >= 15 is 0 Å². The maximum absolute atomic E-state index is 3.52. The number of aryl methyl sites for hydroxylation is 2. The second kappa shape index (κ2) is 6.41. The summed E-state index contributed by atoms with van der Waals surface area (Å²) in [5.41, 5.74) is 4.18. The molecule has 2 heteroatoms. The van der Waals surface area contributed by atoms with Crippen molar-refractivity contribution in [3.8, 4) is 0 Å². The van der Waals surface area contributed by atoms with Gasteiger partial charge in [-0.3, -0.25) is 4.90 Å². The van der Waals surface area contributed by atoms with Gasteiger partial charge in [-0.05, 0) is 44.4 Å². The largest absolute Gasteiger partial charge is 0.296 e. The van der Waals surface area contributed by atoms with Crippen molar-refractivity contribution in [2.75, 3.05) is 11.9 Å². The Balaban J connectivity index is 2.73. The maximum atomic E-state index is 3.52. The van der Waals surface area contributed by atoms with Crippen LogP contribution < -0.4 is 0 Å². The van der Waals surface area contributed by atoms with Crippen molar-refractivity contribution >= 4 is 15.9 Å². The van der Waals surface area contributed by atoms with Crippen LogP contribution >= 0.6 is 15.9 Å². The van der Waals surface area contributed by atoms with Crippen molar-refractivity contribution in [2.24, 2.45) is 0 Å². The van der Waals surface area contributed by atoms with E-state index < -0.39 is 0 Å². The average molecular weight is 284 g/mol. The number of hydrogen-bond acceptors (Lipinski definition) is 1. The highest BCUT2D eigenvalue weighted by Gasteiger charge is 2.09. The smallest absolute Gasteiger partial charge is 0.0236 e. The molecule has 1 aromatic rings. The first-order valence-electron chi connectivity index (χ1n) is 5.90. The third-order valence-corrected chi connectivity index (χ3v) is 3.41. The van der Waals surface area contributed by atoms with Crippen molar-refractivity contribution < 1.29 is 0 Å². The summed E-state index contributed by atoms with van der Waals surface area (Å²) < 4.78 is 0. The Morgan fingerprint density at radius 1 is 1.19 bits per heavy atom. The average Bonchev–Trinajstić information content (AvgIpc) is 2.22. The molecule has 0 atom stereocenters. The van der Waals surface area contributed by atoms with E-state index in [0.29, 0.717) is 6.04 Å². The molecule has 0 saturated carbocycles. The molecular formula is C14H22BrN. The van der Waals surface area contributed by atoms with E-state index in [4.69, 9.17) is 0 Å². The summed E-state index contributed by atoms with van der Waals surface area (Å²) in [5.74, 6) is 0. The van der Waals surface area contributed by atoms with Crippen molar-refractivity contribution in [3.63, 3.8) is 0 Å². The van der Waals surface area contributed by atoms with Gasteiger partial charge in [0.2, 0.25) is 0 Å². The molecule has 0 aliphatic carbocycles. The van der Waals surface area contributed by atoms with Gasteiger partial charge in [-0.15, -0.1) is 0 Å². The minimum Gasteiger partial charge on any atom is -0.296 e. The highest BCUT2D eigenvalue weighted by Crippen LogP contribution is 2.13. The first-order chi connectivity index (χ1) is 7.54. The molecule has 0 amide bonds. The summed E-state index contributed by atoms with van der Waals surface area (Å²) >= 11 is 3.52. The third-order valence-electron chi connectivity index (χ3n) is 3.06. The monoisotopic (exact) mass is 283 g/mol. The Bertz CT molecular complexity index is 334. The van der Waals surface area contributed by atoms with E-state index in [1.807, 2.05) is 0 Å². The van der Waals surface area contributed by atoms with Crippen LogP contribution in [0.5, 0.6) is 0 Å². The molecule has 90 valence electrons. The molecule has 0 aliphatic rings. The van der Waals surface area contributed by atoms with E-state index in [1.165, 1.54) is 16.7 Å². The highest BCUT2D eigenvalue weighted by atomic mass is 79.9. The van der Waals surface area contributed by atoms with Crippen molar-refractivity contribution in [1.29, 1.82) is 0 Å². The van der Waals surface area contributed by atoms with Crippen LogP contribution in [0, 0.1) is 13.8 Å². The molecule has 0 unspecified atom stereocenters. The van der Waals surface area contributed by atoms with Gasteiger partial charge in [0.15, 0.2) is 0 Å². The van der Waals surface area contributed by atoms with Crippen LogP contribution in [-0.2, 0) is 6.54 Å². The summed E-state index contributed by atoms with van der Waals surface area (Å²) in [4.78, 5) is 2.48. The van der Waals surface area contributed by atoms with Crippen LogP contribution in [0.4, 0.5) is 0 Å². The van der Waals surface area contributed by atoms with Gasteiger partial charge in [-0.2, -0.15) is 0 Å². The summed E-state index contributed by atoms with van der Waals surface area (Å²) in [6, 6.07) is 7.36. The van der Waals surface area contributed by atoms with E-state index in [0.717, 1.165) is 18.4 Å². The molecule has 1 rings (SSSR count). The predicted molar refractivity (Wildman–Crippen MR) is 75.3 cm³/mol. The first-order valence-corrected chi connectivity index (χ1v) is 7.03. The van der Waals surface area contributed by atoms with E-state index in [9.17, 15) is 0 Å². The third kappa shape index (κ3) is 3.91. The van der Waals surface area contributed by atoms with Crippen molar-refractivity contribution in [1.82, 2.24) is 4.90 Å². The van der Waals surface area contributed by atoms with Gasteiger partial charge in [0.05, 0.1) is 0 Å². The normalized spacial score (nSPS) is 11.4. The topological polar surface area (TPSA) is 3.24 Å². The van der Waals surface area contributed by atoms with Crippen LogP contribution in [-0.4, -0.2) is 22.8 Å². The molecule has 1 aromatic carbocycles. The molecule has 0 aliphatic heterocycles. The number of nitrogens with zero attached hydrogens (tertiary/aromatic N) is 1. The lowest BCUT2D eigenvalue weighted by Crippen LogP contribution is -2.32. The van der Waals surface area contributed by atoms with E-state index in [-0.39, 0.29) is 0 Å². The molecule has 0 fully saturated rings. The summed E-state index contributed by atoms with van der Waals surface area (Å²) in [5, 5.41) is 1.04. The Kier molecular flexibility index (Phi) is 5.50. The summed E-state index contributed by atoms with van der Waals surface area (Å²) in [6.07, 6.45) is 0. The van der Waals surface area contributed by atoms with Gasteiger partial charge in [0.1, 0.15) is 0 Å². The number of hydrogen-bond donors (Lipinski definition) is 0. The summed E-state index contributed by atoms with van der Waals surface area (Å²) in [6.45, 7) is 11.0. The standard InChI is InChI=1S/C14H22BrN/c1-11(2)16(8-7-15)10-14-6-5-12(3)13(4)9-14/h5-6,9,11H,7-8,10H2,1-4H3. The number of benzene rings is 1. The highest BCUT2D eigenvalue weighted by molar-refractivity contribution is 9.09. The van der Waals surface area contributed by atoms with Crippen LogP contribution in [0.2, 0.25) is 0 Å². The number of halogens is 1. The van der Waals surface area contributed by atoms with Gasteiger partial charge in [0, 0.05) is 24.5 Å². The lowest BCUT2D eigenvalue weighted by molar-refractivity contribution is 0.227. The van der Waals surface area contributed by atoms with E-state index in [1.54, 1.807) is 0 Å². The van der Waals surface area contributed by atoms with Gasteiger partial charge < -0.3 is 0 Å². The second-order valence-electron chi connectivity index (χ2n) is 4.67. The second-order valence-corrected chi connectivity index (χ2v) is 5.46. The fourth-order valence-electron chi connectivity index (χ4n) is 1.76.